The minimum Gasteiger partial charge on any atom is -0.386 e. The summed E-state index contributed by atoms with van der Waals surface area (Å²) in [5.41, 5.74) is 4.05. The first-order chi connectivity index (χ1) is 22.2. The predicted molar refractivity (Wildman–Crippen MR) is 165 cm³/mol. The number of carbonyl (C=O) groups excluding carboxylic acids is 6. The quantitative estimate of drug-likeness (QED) is 0.197. The van der Waals surface area contributed by atoms with Gasteiger partial charge in [0.05, 0.1) is 22.3 Å². The van der Waals surface area contributed by atoms with Gasteiger partial charge in [0.2, 0.25) is 0 Å². The number of hydrogen-bond acceptors (Lipinski definition) is 8. The number of cyclic esters (lactones) is 4. The molecule has 1 saturated carbocycles. The fraction of sp³-hybridized carbons (Fsp3) is 0.167. The number of rotatable bonds is 6. The monoisotopic (exact) mass is 614 g/mol. The standard InChI is InChI=1S/C36H26N2O8/c39-30(20-4-14-26-28(18-20)34(43)45-32(26)41)37-24-10-6-22(7-11-24)36(16-2-1-3-17-36)23-8-12-25(13-9-23)38-31(40)21-5-15-27-29(19-21)35(44)46-33(27)42/h4-15,18-19H,1-3,16-17H2,(H,37,39)(H,38,40). The van der Waals surface area contributed by atoms with Crippen LogP contribution in [-0.2, 0) is 14.9 Å². The fourth-order valence-corrected chi connectivity index (χ4v) is 6.50. The molecule has 0 aromatic heterocycles. The normalized spacial score (nSPS) is 16.3. The first kappa shape index (κ1) is 28.8. The fourth-order valence-electron chi connectivity index (χ4n) is 6.50. The first-order valence-corrected chi connectivity index (χ1v) is 14.9. The zero-order valence-corrected chi connectivity index (χ0v) is 24.4. The van der Waals surface area contributed by atoms with Gasteiger partial charge in [-0.25, -0.2) is 19.2 Å². The van der Waals surface area contributed by atoms with Gasteiger partial charge in [-0.05, 0) is 84.6 Å². The number of ether oxygens (including phenoxy) is 2. The van der Waals surface area contributed by atoms with Crippen LogP contribution in [0.1, 0.15) is 105 Å². The van der Waals surface area contributed by atoms with Crippen LogP contribution >= 0.6 is 0 Å². The lowest BCUT2D eigenvalue weighted by Gasteiger charge is -2.39. The zero-order chi connectivity index (χ0) is 32.0. The van der Waals surface area contributed by atoms with Gasteiger partial charge in [-0.2, -0.15) is 0 Å². The van der Waals surface area contributed by atoms with E-state index < -0.39 is 35.7 Å². The van der Waals surface area contributed by atoms with Gasteiger partial charge in [0.15, 0.2) is 0 Å². The molecule has 0 atom stereocenters. The van der Waals surface area contributed by atoms with Gasteiger partial charge < -0.3 is 20.1 Å². The number of carbonyl (C=O) groups is 6. The molecule has 0 saturated heterocycles. The Morgan fingerprint density at radius 3 is 1.30 bits per heavy atom. The van der Waals surface area contributed by atoms with Crippen LogP contribution in [-0.4, -0.2) is 35.7 Å². The molecule has 0 unspecified atom stereocenters. The summed E-state index contributed by atoms with van der Waals surface area (Å²) in [6.45, 7) is 0. The highest BCUT2D eigenvalue weighted by atomic mass is 16.6. The third-order valence-corrected chi connectivity index (χ3v) is 8.91. The van der Waals surface area contributed by atoms with Crippen LogP contribution < -0.4 is 10.6 Å². The van der Waals surface area contributed by atoms with Crippen molar-refractivity contribution < 1.29 is 38.2 Å². The smallest absolute Gasteiger partial charge is 0.346 e. The summed E-state index contributed by atoms with van der Waals surface area (Å²) in [7, 11) is 0. The number of amides is 2. The highest BCUT2D eigenvalue weighted by Crippen LogP contribution is 2.45. The Hall–Kier alpha value is -5.90. The van der Waals surface area contributed by atoms with Crippen molar-refractivity contribution in [2.75, 3.05) is 10.6 Å². The Labute approximate surface area is 262 Å². The lowest BCUT2D eigenvalue weighted by molar-refractivity contribution is 0.0425. The van der Waals surface area contributed by atoms with E-state index in [1.807, 2.05) is 48.5 Å². The summed E-state index contributed by atoms with van der Waals surface area (Å²) < 4.78 is 9.22. The summed E-state index contributed by atoms with van der Waals surface area (Å²) in [5.74, 6) is -3.80. The van der Waals surface area contributed by atoms with Crippen LogP contribution in [0.4, 0.5) is 11.4 Å². The molecule has 2 heterocycles. The summed E-state index contributed by atoms with van der Waals surface area (Å²) in [4.78, 5) is 73.1. The van der Waals surface area contributed by atoms with E-state index >= 15 is 0 Å². The van der Waals surface area contributed by atoms with E-state index in [0.29, 0.717) is 11.4 Å². The second-order valence-corrected chi connectivity index (χ2v) is 11.6. The Morgan fingerprint density at radius 2 is 0.891 bits per heavy atom. The highest BCUT2D eigenvalue weighted by molar-refractivity contribution is 6.17. The molecular formula is C36H26N2O8. The van der Waals surface area contributed by atoms with Crippen molar-refractivity contribution in [3.05, 3.63) is 129 Å². The van der Waals surface area contributed by atoms with Gasteiger partial charge >= 0.3 is 23.9 Å². The van der Waals surface area contributed by atoms with Gasteiger partial charge in [0.25, 0.3) is 11.8 Å². The van der Waals surface area contributed by atoms with Crippen molar-refractivity contribution in [3.63, 3.8) is 0 Å². The molecule has 228 valence electrons. The SMILES string of the molecule is O=C(Nc1ccc(C2(c3ccc(NC(=O)c4ccc5c(c4)C(=O)OC5=O)cc3)CCCCC2)cc1)c1ccc2c(c1)C(=O)OC2=O. The topological polar surface area (TPSA) is 145 Å². The Morgan fingerprint density at radius 1 is 0.500 bits per heavy atom. The van der Waals surface area contributed by atoms with Gasteiger partial charge in [0, 0.05) is 27.9 Å². The minimum atomic E-state index is -0.766. The first-order valence-electron chi connectivity index (χ1n) is 14.9. The van der Waals surface area contributed by atoms with Crippen molar-refractivity contribution in [2.24, 2.45) is 0 Å². The summed E-state index contributed by atoms with van der Waals surface area (Å²) in [5, 5.41) is 5.71. The Balaban J connectivity index is 1.07. The third kappa shape index (κ3) is 5.03. The number of nitrogens with one attached hydrogen (secondary N) is 2. The lowest BCUT2D eigenvalue weighted by Crippen LogP contribution is -2.30. The van der Waals surface area contributed by atoms with Crippen molar-refractivity contribution in [3.8, 4) is 0 Å². The van der Waals surface area contributed by atoms with E-state index in [0.717, 1.165) is 43.2 Å². The molecular weight excluding hydrogens is 588 g/mol. The summed E-state index contributed by atoms with van der Waals surface area (Å²) in [6, 6.07) is 24.0. The maximum Gasteiger partial charge on any atom is 0.346 e. The van der Waals surface area contributed by atoms with Crippen LogP contribution in [0.25, 0.3) is 0 Å². The number of hydrogen-bond donors (Lipinski definition) is 2. The maximum atomic E-state index is 12.9. The number of esters is 4. The van der Waals surface area contributed by atoms with Crippen molar-refractivity contribution in [1.82, 2.24) is 0 Å². The van der Waals surface area contributed by atoms with Gasteiger partial charge in [-0.1, -0.05) is 43.5 Å². The second-order valence-electron chi connectivity index (χ2n) is 11.6. The van der Waals surface area contributed by atoms with Crippen molar-refractivity contribution in [2.45, 2.75) is 37.5 Å². The number of benzene rings is 4. The molecule has 1 fully saturated rings. The van der Waals surface area contributed by atoms with Gasteiger partial charge in [-0.15, -0.1) is 0 Å². The van der Waals surface area contributed by atoms with Crippen LogP contribution in [0.3, 0.4) is 0 Å². The Bertz CT molecular complexity index is 1840. The molecule has 3 aliphatic rings. The van der Waals surface area contributed by atoms with Crippen molar-refractivity contribution in [1.29, 1.82) is 0 Å². The summed E-state index contributed by atoms with van der Waals surface area (Å²) >= 11 is 0. The molecule has 2 N–H and O–H groups in total. The number of fused-ring (bicyclic) bond motifs is 2. The largest absolute Gasteiger partial charge is 0.386 e. The van der Waals surface area contributed by atoms with Gasteiger partial charge in [0.1, 0.15) is 0 Å². The van der Waals surface area contributed by atoms with E-state index in [-0.39, 0.29) is 38.8 Å². The van der Waals surface area contributed by atoms with Gasteiger partial charge in [-0.3, -0.25) is 9.59 Å². The molecule has 10 heteroatoms. The third-order valence-electron chi connectivity index (χ3n) is 8.91. The van der Waals surface area contributed by atoms with E-state index in [9.17, 15) is 28.8 Å². The molecule has 10 nitrogen and oxygen atoms in total. The van der Waals surface area contributed by atoms with Crippen LogP contribution in [0.2, 0.25) is 0 Å². The maximum absolute atomic E-state index is 12.9. The molecule has 0 radical (unpaired) electrons. The molecule has 1 aliphatic carbocycles. The highest BCUT2D eigenvalue weighted by Gasteiger charge is 2.36. The minimum absolute atomic E-state index is 0.0744. The predicted octanol–water partition coefficient (Wildman–Crippen LogP) is 6.06. The molecule has 46 heavy (non-hydrogen) atoms. The van der Waals surface area contributed by atoms with Crippen LogP contribution in [0.15, 0.2) is 84.9 Å². The molecule has 7 rings (SSSR count). The number of anilines is 2. The molecule has 0 bridgehead atoms. The molecule has 2 aliphatic heterocycles. The van der Waals surface area contributed by atoms with E-state index in [2.05, 4.69) is 20.1 Å². The average molecular weight is 615 g/mol. The average Bonchev–Trinajstić information content (AvgIpc) is 3.53. The molecule has 4 aromatic rings. The molecule has 4 aromatic carbocycles. The lowest BCUT2D eigenvalue weighted by atomic mass is 9.65. The van der Waals surface area contributed by atoms with E-state index in [1.54, 1.807) is 0 Å². The van der Waals surface area contributed by atoms with Crippen LogP contribution in [0.5, 0.6) is 0 Å². The van der Waals surface area contributed by atoms with Crippen molar-refractivity contribution >= 4 is 47.1 Å². The van der Waals surface area contributed by atoms with Crippen LogP contribution in [0, 0.1) is 0 Å². The molecule has 2 amide bonds. The zero-order valence-electron chi connectivity index (χ0n) is 24.4. The Kier molecular flexibility index (Phi) is 7.04. The van der Waals surface area contributed by atoms with E-state index in [1.165, 1.54) is 36.4 Å². The van der Waals surface area contributed by atoms with E-state index in [4.69, 9.17) is 0 Å². The second kappa shape index (κ2) is 11.2. The summed E-state index contributed by atoms with van der Waals surface area (Å²) in [6.07, 6.45) is 5.15. The molecule has 0 spiro atoms.